The van der Waals surface area contributed by atoms with Gasteiger partial charge >= 0.3 is 0 Å². The minimum atomic E-state index is 0.830. The van der Waals surface area contributed by atoms with Crippen LogP contribution in [-0.2, 0) is 6.54 Å². The minimum Gasteiger partial charge on any atom is -0.497 e. The fourth-order valence-electron chi connectivity index (χ4n) is 2.43. The molecule has 0 saturated heterocycles. The number of benzene rings is 1. The summed E-state index contributed by atoms with van der Waals surface area (Å²) >= 11 is 0. The van der Waals surface area contributed by atoms with E-state index in [9.17, 15) is 0 Å². The van der Waals surface area contributed by atoms with Gasteiger partial charge in [-0.3, -0.25) is 0 Å². The summed E-state index contributed by atoms with van der Waals surface area (Å²) < 4.78 is 10.6. The molecule has 0 amide bonds. The van der Waals surface area contributed by atoms with E-state index in [1.165, 1.54) is 31.2 Å². The van der Waals surface area contributed by atoms with Crippen LogP contribution in [0.1, 0.15) is 31.2 Å². The molecular weight excluding hydrogens is 238 g/mol. The molecule has 1 aliphatic carbocycles. The van der Waals surface area contributed by atoms with Crippen LogP contribution in [0.4, 0.5) is 0 Å². The third-order valence-corrected chi connectivity index (χ3v) is 3.57. The molecule has 0 radical (unpaired) electrons. The van der Waals surface area contributed by atoms with E-state index in [1.807, 2.05) is 12.1 Å². The molecule has 0 fully saturated rings. The quantitative estimate of drug-likeness (QED) is 0.603. The van der Waals surface area contributed by atoms with Crippen molar-refractivity contribution < 1.29 is 9.47 Å². The Hall–Kier alpha value is -1.48. The molecule has 3 heteroatoms. The van der Waals surface area contributed by atoms with Gasteiger partial charge in [0.15, 0.2) is 0 Å². The smallest absolute Gasteiger partial charge is 0.127 e. The summed E-state index contributed by atoms with van der Waals surface area (Å²) in [7, 11) is 3.36. The van der Waals surface area contributed by atoms with Crippen molar-refractivity contribution in [1.82, 2.24) is 5.32 Å². The molecule has 1 aromatic rings. The van der Waals surface area contributed by atoms with Crippen molar-refractivity contribution in [2.24, 2.45) is 0 Å². The molecule has 1 aliphatic rings. The predicted octanol–water partition coefficient (Wildman–Crippen LogP) is 3.29. The lowest BCUT2D eigenvalue weighted by Crippen LogP contribution is -2.15. The van der Waals surface area contributed by atoms with Gasteiger partial charge in [0.25, 0.3) is 0 Å². The van der Waals surface area contributed by atoms with Crippen molar-refractivity contribution in [2.75, 3.05) is 20.8 Å². The first-order chi connectivity index (χ1) is 9.33. The van der Waals surface area contributed by atoms with E-state index in [0.29, 0.717) is 0 Å². The highest BCUT2D eigenvalue weighted by atomic mass is 16.5. The zero-order valence-corrected chi connectivity index (χ0v) is 11.9. The molecule has 0 aromatic heterocycles. The summed E-state index contributed by atoms with van der Waals surface area (Å²) in [5.74, 6) is 1.71. The summed E-state index contributed by atoms with van der Waals surface area (Å²) in [4.78, 5) is 0. The van der Waals surface area contributed by atoms with Gasteiger partial charge in [0.2, 0.25) is 0 Å². The number of ether oxygens (including phenoxy) is 2. The zero-order valence-electron chi connectivity index (χ0n) is 11.9. The monoisotopic (exact) mass is 261 g/mol. The first-order valence-corrected chi connectivity index (χ1v) is 6.93. The number of methoxy groups -OCH3 is 2. The number of hydrogen-bond acceptors (Lipinski definition) is 3. The van der Waals surface area contributed by atoms with E-state index in [4.69, 9.17) is 9.47 Å². The normalized spacial score (nSPS) is 14.3. The van der Waals surface area contributed by atoms with Crippen LogP contribution in [0.3, 0.4) is 0 Å². The maximum atomic E-state index is 5.39. The summed E-state index contributed by atoms with van der Waals surface area (Å²) in [5, 5.41) is 3.48. The lowest BCUT2D eigenvalue weighted by Gasteiger charge is -2.11. The summed E-state index contributed by atoms with van der Waals surface area (Å²) in [6.45, 7) is 1.86. The van der Waals surface area contributed by atoms with Gasteiger partial charge in [0.05, 0.1) is 14.2 Å². The topological polar surface area (TPSA) is 30.5 Å². The van der Waals surface area contributed by atoms with Gasteiger partial charge in [-0.1, -0.05) is 17.7 Å². The Balaban J connectivity index is 1.81. The van der Waals surface area contributed by atoms with Gasteiger partial charge in [-0.05, 0) is 38.3 Å². The fourth-order valence-corrected chi connectivity index (χ4v) is 2.43. The highest BCUT2D eigenvalue weighted by Gasteiger charge is 2.06. The Morgan fingerprint density at radius 3 is 2.79 bits per heavy atom. The van der Waals surface area contributed by atoms with Crippen LogP contribution in [0.15, 0.2) is 29.8 Å². The molecule has 0 saturated carbocycles. The largest absolute Gasteiger partial charge is 0.497 e. The van der Waals surface area contributed by atoms with Crippen LogP contribution >= 0.6 is 0 Å². The van der Waals surface area contributed by atoms with Gasteiger partial charge < -0.3 is 14.8 Å². The van der Waals surface area contributed by atoms with Crippen molar-refractivity contribution in [3.8, 4) is 11.5 Å². The Bertz CT molecular complexity index is 440. The molecule has 104 valence electrons. The molecule has 1 aromatic carbocycles. The fraction of sp³-hybridized carbons (Fsp3) is 0.500. The van der Waals surface area contributed by atoms with Crippen molar-refractivity contribution >= 4 is 0 Å². The standard InChI is InChI=1S/C16H23NO2/c1-18-15-8-7-14(16(11-15)19-2)12-17-10-9-13-5-3-4-6-13/h5,7-8,11,17H,3-4,6,9-10,12H2,1-2H3. The molecule has 19 heavy (non-hydrogen) atoms. The summed E-state index contributed by atoms with van der Waals surface area (Å²) in [6.07, 6.45) is 7.44. The molecular formula is C16H23NO2. The molecule has 0 spiro atoms. The predicted molar refractivity (Wildman–Crippen MR) is 77.8 cm³/mol. The van der Waals surface area contributed by atoms with Crippen molar-refractivity contribution in [1.29, 1.82) is 0 Å². The van der Waals surface area contributed by atoms with Crippen LogP contribution in [-0.4, -0.2) is 20.8 Å². The van der Waals surface area contributed by atoms with Crippen LogP contribution in [0.5, 0.6) is 11.5 Å². The molecule has 0 atom stereocenters. The van der Waals surface area contributed by atoms with E-state index < -0.39 is 0 Å². The maximum Gasteiger partial charge on any atom is 0.127 e. The number of hydrogen-bond donors (Lipinski definition) is 1. The number of rotatable bonds is 7. The van der Waals surface area contributed by atoms with Gasteiger partial charge in [-0.15, -0.1) is 0 Å². The second kappa shape index (κ2) is 7.19. The zero-order chi connectivity index (χ0) is 13.5. The third-order valence-electron chi connectivity index (χ3n) is 3.57. The highest BCUT2D eigenvalue weighted by Crippen LogP contribution is 2.24. The summed E-state index contributed by atoms with van der Waals surface area (Å²) in [6, 6.07) is 5.95. The van der Waals surface area contributed by atoms with Gasteiger partial charge in [-0.2, -0.15) is 0 Å². The highest BCUT2D eigenvalue weighted by molar-refractivity contribution is 5.40. The van der Waals surface area contributed by atoms with Gasteiger partial charge in [-0.25, -0.2) is 0 Å². The second-order valence-electron chi connectivity index (χ2n) is 4.86. The van der Waals surface area contributed by atoms with E-state index in [1.54, 1.807) is 19.8 Å². The summed E-state index contributed by atoms with van der Waals surface area (Å²) in [5.41, 5.74) is 2.78. The van der Waals surface area contributed by atoms with Crippen molar-refractivity contribution in [3.63, 3.8) is 0 Å². The van der Waals surface area contributed by atoms with Crippen LogP contribution < -0.4 is 14.8 Å². The van der Waals surface area contributed by atoms with Crippen molar-refractivity contribution in [2.45, 2.75) is 32.2 Å². The van der Waals surface area contributed by atoms with Gasteiger partial charge in [0.1, 0.15) is 11.5 Å². The Kier molecular flexibility index (Phi) is 5.28. The Morgan fingerprint density at radius 1 is 1.21 bits per heavy atom. The Labute approximate surface area is 115 Å². The van der Waals surface area contributed by atoms with E-state index in [2.05, 4.69) is 17.5 Å². The molecule has 0 aliphatic heterocycles. The van der Waals surface area contributed by atoms with E-state index >= 15 is 0 Å². The Morgan fingerprint density at radius 2 is 2.11 bits per heavy atom. The van der Waals surface area contributed by atoms with Crippen molar-refractivity contribution in [3.05, 3.63) is 35.4 Å². The third kappa shape index (κ3) is 4.00. The van der Waals surface area contributed by atoms with Crippen LogP contribution in [0, 0.1) is 0 Å². The average molecular weight is 261 g/mol. The lowest BCUT2D eigenvalue weighted by molar-refractivity contribution is 0.390. The maximum absolute atomic E-state index is 5.39. The molecule has 1 N–H and O–H groups in total. The molecule has 0 unspecified atom stereocenters. The second-order valence-corrected chi connectivity index (χ2v) is 4.86. The van der Waals surface area contributed by atoms with Crippen LogP contribution in [0.2, 0.25) is 0 Å². The molecule has 0 heterocycles. The molecule has 2 rings (SSSR count). The van der Waals surface area contributed by atoms with E-state index in [0.717, 1.165) is 24.6 Å². The molecule has 3 nitrogen and oxygen atoms in total. The van der Waals surface area contributed by atoms with Crippen LogP contribution in [0.25, 0.3) is 0 Å². The SMILES string of the molecule is COc1ccc(CNCCC2=CCCC2)c(OC)c1. The first-order valence-electron chi connectivity index (χ1n) is 6.93. The lowest BCUT2D eigenvalue weighted by atomic mass is 10.1. The first kappa shape index (κ1) is 13.9. The minimum absolute atomic E-state index is 0.830. The number of nitrogens with one attached hydrogen (secondary N) is 1. The van der Waals surface area contributed by atoms with E-state index in [-0.39, 0.29) is 0 Å². The average Bonchev–Trinajstić information content (AvgIpc) is 2.96. The van der Waals surface area contributed by atoms with Gasteiger partial charge in [0, 0.05) is 18.2 Å². The number of allylic oxidation sites excluding steroid dienone is 1. The molecule has 0 bridgehead atoms.